The second kappa shape index (κ2) is 7.05. The van der Waals surface area contributed by atoms with Gasteiger partial charge in [-0.3, -0.25) is 4.79 Å². The molecule has 2 aromatic carbocycles. The van der Waals surface area contributed by atoms with E-state index in [9.17, 15) is 4.79 Å². The number of amides is 1. The first kappa shape index (κ1) is 16.5. The van der Waals surface area contributed by atoms with E-state index in [-0.39, 0.29) is 11.9 Å². The maximum absolute atomic E-state index is 12.4. The highest BCUT2D eigenvalue weighted by atomic mass is 35.5. The van der Waals surface area contributed by atoms with Crippen LogP contribution in [0.5, 0.6) is 5.75 Å². The maximum Gasteiger partial charge on any atom is 0.242 e. The molecule has 3 rings (SSSR count). The molecule has 5 heteroatoms. The Morgan fingerprint density at radius 3 is 2.62 bits per heavy atom. The fourth-order valence-corrected chi connectivity index (χ4v) is 3.03. The molecule has 1 amide bonds. The first-order chi connectivity index (χ1) is 11.6. The highest BCUT2D eigenvalue weighted by Crippen LogP contribution is 2.37. The molecule has 0 radical (unpaired) electrons. The highest BCUT2D eigenvalue weighted by molar-refractivity contribution is 6.30. The molecular formula is C19H19ClN2O2. The molecule has 124 valence electrons. The summed E-state index contributed by atoms with van der Waals surface area (Å²) < 4.78 is 5.47. The van der Waals surface area contributed by atoms with Crippen molar-refractivity contribution in [3.05, 3.63) is 64.7 Å². The predicted molar refractivity (Wildman–Crippen MR) is 95.5 cm³/mol. The van der Waals surface area contributed by atoms with Crippen LogP contribution in [0.2, 0.25) is 5.02 Å². The molecule has 0 N–H and O–H groups in total. The molecule has 24 heavy (non-hydrogen) atoms. The molecule has 1 heterocycles. The number of halogens is 1. The molecule has 2 aromatic rings. The van der Waals surface area contributed by atoms with Gasteiger partial charge in [-0.25, -0.2) is 5.01 Å². The summed E-state index contributed by atoms with van der Waals surface area (Å²) >= 11 is 5.96. The van der Waals surface area contributed by atoms with Gasteiger partial charge in [0.1, 0.15) is 5.75 Å². The summed E-state index contributed by atoms with van der Waals surface area (Å²) in [6.07, 6.45) is 1.05. The Labute approximate surface area is 146 Å². The average molecular weight is 343 g/mol. The number of hydrogen-bond donors (Lipinski definition) is 0. The Hall–Kier alpha value is -2.33. The summed E-state index contributed by atoms with van der Waals surface area (Å²) in [6.45, 7) is 1.84. The standard InChI is InChI=1S/C19H19ClN2O2/c1-3-19(23)22-17(15-6-4-5-7-18(15)24-2)12-16(21-22)13-8-10-14(20)11-9-13/h4-11,17H,3,12H2,1-2H3. The van der Waals surface area contributed by atoms with Crippen molar-refractivity contribution in [3.8, 4) is 5.75 Å². The lowest BCUT2D eigenvalue weighted by Gasteiger charge is -2.23. The van der Waals surface area contributed by atoms with Crippen molar-refractivity contribution in [2.75, 3.05) is 7.11 Å². The average Bonchev–Trinajstić information content (AvgIpc) is 3.06. The van der Waals surface area contributed by atoms with Gasteiger partial charge >= 0.3 is 0 Å². The minimum Gasteiger partial charge on any atom is -0.496 e. The Kier molecular flexibility index (Phi) is 4.86. The van der Waals surface area contributed by atoms with E-state index in [0.717, 1.165) is 22.6 Å². The van der Waals surface area contributed by atoms with Gasteiger partial charge in [0.2, 0.25) is 5.91 Å². The Morgan fingerprint density at radius 1 is 1.25 bits per heavy atom. The molecular weight excluding hydrogens is 324 g/mol. The summed E-state index contributed by atoms with van der Waals surface area (Å²) in [5.41, 5.74) is 2.82. The van der Waals surface area contributed by atoms with E-state index in [1.165, 1.54) is 0 Å². The number of hydrazone groups is 1. The molecule has 0 bridgehead atoms. The Bertz CT molecular complexity index is 771. The van der Waals surface area contributed by atoms with Crippen LogP contribution in [0, 0.1) is 0 Å². The van der Waals surface area contributed by atoms with Crippen molar-refractivity contribution in [3.63, 3.8) is 0 Å². The van der Waals surface area contributed by atoms with Gasteiger partial charge in [-0.1, -0.05) is 48.9 Å². The van der Waals surface area contributed by atoms with Crippen molar-refractivity contribution in [1.29, 1.82) is 0 Å². The van der Waals surface area contributed by atoms with Crippen LogP contribution in [-0.2, 0) is 4.79 Å². The van der Waals surface area contributed by atoms with Crippen LogP contribution in [0.3, 0.4) is 0 Å². The third-order valence-electron chi connectivity index (χ3n) is 4.14. The topological polar surface area (TPSA) is 41.9 Å². The van der Waals surface area contributed by atoms with E-state index < -0.39 is 0 Å². The number of rotatable bonds is 4. The molecule has 0 fully saturated rings. The second-order valence-corrected chi connectivity index (χ2v) is 6.04. The Morgan fingerprint density at radius 2 is 1.96 bits per heavy atom. The fraction of sp³-hybridized carbons (Fsp3) is 0.263. The van der Waals surface area contributed by atoms with Gasteiger partial charge in [-0.15, -0.1) is 0 Å². The summed E-state index contributed by atoms with van der Waals surface area (Å²) in [5.74, 6) is 0.763. The van der Waals surface area contributed by atoms with E-state index in [4.69, 9.17) is 16.3 Å². The lowest BCUT2D eigenvalue weighted by Crippen LogP contribution is -2.26. The number of methoxy groups -OCH3 is 1. The third kappa shape index (κ3) is 3.15. The second-order valence-electron chi connectivity index (χ2n) is 5.61. The van der Waals surface area contributed by atoms with Crippen molar-refractivity contribution in [1.82, 2.24) is 5.01 Å². The van der Waals surface area contributed by atoms with Crippen LogP contribution in [0.4, 0.5) is 0 Å². The van der Waals surface area contributed by atoms with Gasteiger partial charge in [0, 0.05) is 23.4 Å². The van der Waals surface area contributed by atoms with E-state index in [0.29, 0.717) is 17.9 Å². The summed E-state index contributed by atoms with van der Waals surface area (Å²) in [6, 6.07) is 15.1. The van der Waals surface area contributed by atoms with E-state index in [1.54, 1.807) is 12.1 Å². The molecule has 1 atom stereocenters. The van der Waals surface area contributed by atoms with Crippen LogP contribution in [0.1, 0.15) is 36.9 Å². The SMILES string of the molecule is CCC(=O)N1N=C(c2ccc(Cl)cc2)CC1c1ccccc1OC. The normalized spacial score (nSPS) is 16.9. The number of carbonyl (C=O) groups excluding carboxylic acids is 1. The number of hydrogen-bond acceptors (Lipinski definition) is 3. The van der Waals surface area contributed by atoms with Gasteiger partial charge in [0.25, 0.3) is 0 Å². The van der Waals surface area contributed by atoms with Crippen molar-refractivity contribution < 1.29 is 9.53 Å². The molecule has 1 unspecified atom stereocenters. The van der Waals surface area contributed by atoms with E-state index >= 15 is 0 Å². The van der Waals surface area contributed by atoms with Gasteiger partial charge < -0.3 is 4.74 Å². The van der Waals surface area contributed by atoms with Crippen LogP contribution in [0.15, 0.2) is 53.6 Å². The zero-order valence-electron chi connectivity index (χ0n) is 13.7. The van der Waals surface area contributed by atoms with Crippen LogP contribution >= 0.6 is 11.6 Å². The van der Waals surface area contributed by atoms with Gasteiger partial charge in [0.15, 0.2) is 0 Å². The fourth-order valence-electron chi connectivity index (χ4n) is 2.90. The number of nitrogens with zero attached hydrogens (tertiary/aromatic N) is 2. The van der Waals surface area contributed by atoms with Gasteiger partial charge in [-0.05, 0) is 23.8 Å². The van der Waals surface area contributed by atoms with Crippen LogP contribution in [-0.4, -0.2) is 23.7 Å². The van der Waals surface area contributed by atoms with Crippen molar-refractivity contribution >= 4 is 23.2 Å². The highest BCUT2D eigenvalue weighted by Gasteiger charge is 2.33. The maximum atomic E-state index is 12.4. The van der Waals surface area contributed by atoms with E-state index in [1.807, 2.05) is 55.5 Å². The molecule has 0 saturated heterocycles. The zero-order chi connectivity index (χ0) is 17.1. The smallest absolute Gasteiger partial charge is 0.242 e. The van der Waals surface area contributed by atoms with E-state index in [2.05, 4.69) is 5.10 Å². The minimum absolute atomic E-state index is 0.00475. The number of para-hydroxylation sites is 1. The summed E-state index contributed by atoms with van der Waals surface area (Å²) in [5, 5.41) is 6.86. The van der Waals surface area contributed by atoms with Crippen molar-refractivity contribution in [2.24, 2.45) is 5.10 Å². The Balaban J connectivity index is 1.98. The predicted octanol–water partition coefficient (Wildman–Crippen LogP) is 4.44. The summed E-state index contributed by atoms with van der Waals surface area (Å²) in [4.78, 5) is 12.4. The van der Waals surface area contributed by atoms with Crippen LogP contribution < -0.4 is 4.74 Å². The molecule has 0 spiro atoms. The van der Waals surface area contributed by atoms with Gasteiger partial charge in [0.05, 0.1) is 18.9 Å². The lowest BCUT2D eigenvalue weighted by atomic mass is 9.97. The molecule has 0 aliphatic carbocycles. The quantitative estimate of drug-likeness (QED) is 0.824. The number of carbonyl (C=O) groups is 1. The number of ether oxygens (including phenoxy) is 1. The lowest BCUT2D eigenvalue weighted by molar-refractivity contribution is -0.132. The monoisotopic (exact) mass is 342 g/mol. The van der Waals surface area contributed by atoms with Gasteiger partial charge in [-0.2, -0.15) is 5.10 Å². The summed E-state index contributed by atoms with van der Waals surface area (Å²) in [7, 11) is 1.64. The minimum atomic E-state index is -0.153. The third-order valence-corrected chi connectivity index (χ3v) is 4.40. The number of benzene rings is 2. The molecule has 0 aromatic heterocycles. The van der Waals surface area contributed by atoms with Crippen molar-refractivity contribution in [2.45, 2.75) is 25.8 Å². The van der Waals surface area contributed by atoms with Crippen LogP contribution in [0.25, 0.3) is 0 Å². The largest absolute Gasteiger partial charge is 0.496 e. The first-order valence-corrected chi connectivity index (χ1v) is 8.30. The molecule has 1 aliphatic heterocycles. The molecule has 4 nitrogen and oxygen atoms in total. The molecule has 1 aliphatic rings. The zero-order valence-corrected chi connectivity index (χ0v) is 14.5. The molecule has 0 saturated carbocycles. The first-order valence-electron chi connectivity index (χ1n) is 7.92.